The highest BCUT2D eigenvalue weighted by Crippen LogP contribution is 2.06. The van der Waals surface area contributed by atoms with E-state index in [0.29, 0.717) is 0 Å². The molecule has 0 aliphatic carbocycles. The molecule has 0 aromatic rings. The smallest absolute Gasteiger partial charge is 0.237 e. The van der Waals surface area contributed by atoms with Crippen LogP contribution in [0.15, 0.2) is 0 Å². The number of hydrogen-bond donors (Lipinski definition) is 2. The molecule has 2 unspecified atom stereocenters. The van der Waals surface area contributed by atoms with E-state index in [4.69, 9.17) is 5.73 Å². The van der Waals surface area contributed by atoms with E-state index in [1.54, 1.807) is 0 Å². The SMILES string of the molecule is CCC(C)C(N)C(=O)NCCCCC(C)C. The third-order valence-corrected chi connectivity index (χ3v) is 3.07. The monoisotopic (exact) mass is 228 g/mol. The van der Waals surface area contributed by atoms with Crippen molar-refractivity contribution in [2.24, 2.45) is 17.6 Å². The maximum atomic E-state index is 11.6. The largest absolute Gasteiger partial charge is 0.355 e. The molecule has 3 heteroatoms. The number of nitrogens with two attached hydrogens (primary N) is 1. The molecule has 0 spiro atoms. The van der Waals surface area contributed by atoms with Crippen molar-refractivity contribution < 1.29 is 4.79 Å². The van der Waals surface area contributed by atoms with E-state index in [2.05, 4.69) is 26.1 Å². The average molecular weight is 228 g/mol. The summed E-state index contributed by atoms with van der Waals surface area (Å²) in [5.41, 5.74) is 5.82. The van der Waals surface area contributed by atoms with Crippen LogP contribution >= 0.6 is 0 Å². The van der Waals surface area contributed by atoms with Crippen molar-refractivity contribution in [3.63, 3.8) is 0 Å². The van der Waals surface area contributed by atoms with Crippen molar-refractivity contribution in [3.05, 3.63) is 0 Å². The lowest BCUT2D eigenvalue weighted by atomic mass is 9.99. The molecule has 0 bridgehead atoms. The Balaban J connectivity index is 3.57. The summed E-state index contributed by atoms with van der Waals surface area (Å²) in [4.78, 5) is 11.6. The summed E-state index contributed by atoms with van der Waals surface area (Å²) in [6.07, 6.45) is 4.41. The molecule has 0 aromatic heterocycles. The van der Waals surface area contributed by atoms with Crippen molar-refractivity contribution in [3.8, 4) is 0 Å². The van der Waals surface area contributed by atoms with Gasteiger partial charge >= 0.3 is 0 Å². The van der Waals surface area contributed by atoms with Crippen LogP contribution in [0.4, 0.5) is 0 Å². The molecule has 0 aliphatic heterocycles. The zero-order valence-corrected chi connectivity index (χ0v) is 11.3. The van der Waals surface area contributed by atoms with Crippen molar-refractivity contribution in [2.45, 2.75) is 59.4 Å². The van der Waals surface area contributed by atoms with E-state index in [1.807, 2.05) is 6.92 Å². The first-order valence-electron chi connectivity index (χ1n) is 6.52. The number of amides is 1. The fourth-order valence-electron chi connectivity index (χ4n) is 1.52. The number of hydrogen-bond acceptors (Lipinski definition) is 2. The van der Waals surface area contributed by atoms with Crippen LogP contribution in [-0.4, -0.2) is 18.5 Å². The van der Waals surface area contributed by atoms with Crippen molar-refractivity contribution >= 4 is 5.91 Å². The predicted molar refractivity (Wildman–Crippen MR) is 69.1 cm³/mol. The topological polar surface area (TPSA) is 55.1 Å². The zero-order chi connectivity index (χ0) is 12.6. The highest BCUT2D eigenvalue weighted by Gasteiger charge is 2.18. The molecule has 1 amide bonds. The van der Waals surface area contributed by atoms with E-state index in [0.717, 1.165) is 25.3 Å². The number of carbonyl (C=O) groups is 1. The van der Waals surface area contributed by atoms with Crippen LogP contribution in [0.5, 0.6) is 0 Å². The molecule has 3 N–H and O–H groups in total. The molecule has 0 fully saturated rings. The van der Waals surface area contributed by atoms with Gasteiger partial charge in [0.25, 0.3) is 0 Å². The van der Waals surface area contributed by atoms with Gasteiger partial charge in [0.05, 0.1) is 6.04 Å². The van der Waals surface area contributed by atoms with Gasteiger partial charge in [-0.1, -0.05) is 47.0 Å². The van der Waals surface area contributed by atoms with Gasteiger partial charge in [0.15, 0.2) is 0 Å². The Morgan fingerprint density at radius 1 is 1.25 bits per heavy atom. The number of unbranched alkanes of at least 4 members (excludes halogenated alkanes) is 1. The van der Waals surface area contributed by atoms with Crippen LogP contribution in [0.25, 0.3) is 0 Å². The molecule has 0 aliphatic rings. The van der Waals surface area contributed by atoms with E-state index in [-0.39, 0.29) is 17.9 Å². The summed E-state index contributed by atoms with van der Waals surface area (Å²) in [6.45, 7) is 9.27. The Morgan fingerprint density at radius 2 is 1.88 bits per heavy atom. The summed E-state index contributed by atoms with van der Waals surface area (Å²) in [7, 11) is 0. The Kier molecular flexibility index (Phi) is 8.26. The lowest BCUT2D eigenvalue weighted by molar-refractivity contribution is -0.123. The molecule has 0 rings (SSSR count). The van der Waals surface area contributed by atoms with Crippen LogP contribution in [0.3, 0.4) is 0 Å². The summed E-state index contributed by atoms with van der Waals surface area (Å²) in [5, 5.41) is 2.91. The normalized spacial score (nSPS) is 14.9. The minimum Gasteiger partial charge on any atom is -0.355 e. The maximum absolute atomic E-state index is 11.6. The van der Waals surface area contributed by atoms with Crippen molar-refractivity contribution in [2.75, 3.05) is 6.54 Å². The fourth-order valence-corrected chi connectivity index (χ4v) is 1.52. The lowest BCUT2D eigenvalue weighted by Gasteiger charge is -2.17. The third kappa shape index (κ3) is 6.83. The maximum Gasteiger partial charge on any atom is 0.237 e. The predicted octanol–water partition coefficient (Wildman–Crippen LogP) is 2.30. The van der Waals surface area contributed by atoms with Gasteiger partial charge in [0.2, 0.25) is 5.91 Å². The molecular formula is C13H28N2O. The molecule has 0 aromatic carbocycles. The van der Waals surface area contributed by atoms with Crippen molar-refractivity contribution in [1.29, 1.82) is 0 Å². The van der Waals surface area contributed by atoms with Gasteiger partial charge in [-0.15, -0.1) is 0 Å². The second-order valence-corrected chi connectivity index (χ2v) is 5.09. The Labute approximate surface area is 100 Å². The second-order valence-electron chi connectivity index (χ2n) is 5.09. The molecule has 2 atom stereocenters. The minimum atomic E-state index is -0.352. The van der Waals surface area contributed by atoms with Gasteiger partial charge in [-0.05, 0) is 18.3 Å². The Hall–Kier alpha value is -0.570. The van der Waals surface area contributed by atoms with E-state index < -0.39 is 0 Å². The molecule has 0 heterocycles. The van der Waals surface area contributed by atoms with Crippen LogP contribution in [0.2, 0.25) is 0 Å². The van der Waals surface area contributed by atoms with E-state index in [1.165, 1.54) is 12.8 Å². The van der Waals surface area contributed by atoms with Gasteiger partial charge in [-0.2, -0.15) is 0 Å². The number of carbonyl (C=O) groups excluding carboxylic acids is 1. The third-order valence-electron chi connectivity index (χ3n) is 3.07. The van der Waals surface area contributed by atoms with Gasteiger partial charge in [-0.25, -0.2) is 0 Å². The Bertz CT molecular complexity index is 192. The summed E-state index contributed by atoms with van der Waals surface area (Å²) in [6, 6.07) is -0.352. The molecule has 0 saturated heterocycles. The number of nitrogens with one attached hydrogen (secondary N) is 1. The fraction of sp³-hybridized carbons (Fsp3) is 0.923. The van der Waals surface area contributed by atoms with E-state index >= 15 is 0 Å². The quantitative estimate of drug-likeness (QED) is 0.626. The number of rotatable bonds is 8. The average Bonchev–Trinajstić information content (AvgIpc) is 2.25. The van der Waals surface area contributed by atoms with Crippen molar-refractivity contribution in [1.82, 2.24) is 5.32 Å². The summed E-state index contributed by atoms with van der Waals surface area (Å²) >= 11 is 0. The zero-order valence-electron chi connectivity index (χ0n) is 11.3. The van der Waals surface area contributed by atoms with Crippen LogP contribution in [0.1, 0.15) is 53.4 Å². The molecular weight excluding hydrogens is 200 g/mol. The Morgan fingerprint density at radius 3 is 2.38 bits per heavy atom. The minimum absolute atomic E-state index is 0.00102. The van der Waals surface area contributed by atoms with Crippen LogP contribution < -0.4 is 11.1 Å². The standard InChI is InChI=1S/C13H28N2O/c1-5-11(4)12(14)13(16)15-9-7-6-8-10(2)3/h10-12H,5-9,14H2,1-4H3,(H,15,16). The first-order valence-corrected chi connectivity index (χ1v) is 6.52. The molecule has 16 heavy (non-hydrogen) atoms. The van der Waals surface area contributed by atoms with E-state index in [9.17, 15) is 4.79 Å². The van der Waals surface area contributed by atoms with Crippen LogP contribution in [0, 0.1) is 11.8 Å². The van der Waals surface area contributed by atoms with Gasteiger partial charge in [-0.3, -0.25) is 4.79 Å². The molecule has 0 saturated carbocycles. The van der Waals surface area contributed by atoms with Gasteiger partial charge < -0.3 is 11.1 Å². The molecule has 0 radical (unpaired) electrons. The first-order chi connectivity index (χ1) is 7.49. The highest BCUT2D eigenvalue weighted by molar-refractivity contribution is 5.81. The molecule has 96 valence electrons. The lowest BCUT2D eigenvalue weighted by Crippen LogP contribution is -2.44. The van der Waals surface area contributed by atoms with Crippen LogP contribution in [-0.2, 0) is 4.79 Å². The van der Waals surface area contributed by atoms with Gasteiger partial charge in [0, 0.05) is 6.54 Å². The second kappa shape index (κ2) is 8.57. The molecule has 3 nitrogen and oxygen atoms in total. The summed E-state index contributed by atoms with van der Waals surface area (Å²) < 4.78 is 0. The first kappa shape index (κ1) is 15.4. The summed E-state index contributed by atoms with van der Waals surface area (Å²) in [5.74, 6) is 1.01. The van der Waals surface area contributed by atoms with Gasteiger partial charge in [0.1, 0.15) is 0 Å². The highest BCUT2D eigenvalue weighted by atomic mass is 16.2.